The van der Waals surface area contributed by atoms with E-state index in [0.717, 1.165) is 0 Å². The van der Waals surface area contributed by atoms with Crippen LogP contribution in [-0.2, 0) is 0 Å². The van der Waals surface area contributed by atoms with Gasteiger partial charge in [-0.2, -0.15) is 0 Å². The quantitative estimate of drug-likeness (QED) is 0.175. The third kappa shape index (κ3) is 2.47. The van der Waals surface area contributed by atoms with Crippen LogP contribution < -0.4 is 0 Å². The summed E-state index contributed by atoms with van der Waals surface area (Å²) in [7, 11) is 0. The molecule has 15 rings (SSSR count). The van der Waals surface area contributed by atoms with Gasteiger partial charge in [0.15, 0.2) is 0 Å². The van der Waals surface area contributed by atoms with Crippen molar-refractivity contribution >= 4 is 38.1 Å². The van der Waals surface area contributed by atoms with E-state index in [9.17, 15) is 0 Å². The van der Waals surface area contributed by atoms with Gasteiger partial charge < -0.3 is 4.40 Å². The van der Waals surface area contributed by atoms with Gasteiger partial charge in [-0.3, -0.25) is 9.97 Å². The summed E-state index contributed by atoms with van der Waals surface area (Å²) in [5, 5.41) is 5.36. The van der Waals surface area contributed by atoms with E-state index in [1.165, 1.54) is 105 Å². The van der Waals surface area contributed by atoms with Crippen molar-refractivity contribution in [3.05, 3.63) is 195 Å². The molecule has 0 saturated carbocycles. The highest BCUT2D eigenvalue weighted by Crippen LogP contribution is 2.60. The number of para-hydroxylation sites is 1. The first kappa shape index (κ1) is 23.5. The molecule has 4 bridgehead atoms. The third-order valence-corrected chi connectivity index (χ3v) is 12.1. The van der Waals surface area contributed by atoms with Crippen LogP contribution >= 0.6 is 0 Å². The maximum Gasteiger partial charge on any atom is 0.0728 e. The molecule has 47 heavy (non-hydrogen) atoms. The highest BCUT2D eigenvalue weighted by atomic mass is 14.9. The normalized spacial score (nSPS) is 20.8. The zero-order valence-corrected chi connectivity index (χ0v) is 25.3. The van der Waals surface area contributed by atoms with Crippen LogP contribution in [0, 0.1) is 0 Å². The molecule has 4 heterocycles. The van der Waals surface area contributed by atoms with Crippen LogP contribution in [-0.4, -0.2) is 14.4 Å². The average Bonchev–Trinajstić information content (AvgIpc) is 3.67. The fraction of sp³-hybridized carbons (Fsp3) is 0.0909. The molecule has 5 aromatic carbocycles. The van der Waals surface area contributed by atoms with E-state index in [1.807, 2.05) is 0 Å². The Labute approximate surface area is 270 Å². The first-order valence-electron chi connectivity index (χ1n) is 16.7. The molecule has 216 valence electrons. The molecule has 0 N–H and O–H groups in total. The molecule has 6 aliphatic carbocycles. The number of hydrogen-bond donors (Lipinski definition) is 0. The van der Waals surface area contributed by atoms with E-state index >= 15 is 0 Å². The number of rotatable bonds is 0. The molecule has 3 heteroatoms. The Hall–Kier alpha value is -5.80. The first-order chi connectivity index (χ1) is 23.4. The van der Waals surface area contributed by atoms with Crippen LogP contribution in [0.1, 0.15) is 90.7 Å². The summed E-state index contributed by atoms with van der Waals surface area (Å²) in [6.07, 6.45) is 4.32. The molecule has 0 fully saturated rings. The lowest BCUT2D eigenvalue weighted by Crippen LogP contribution is -2.28. The molecule has 0 radical (unpaired) electrons. The minimum Gasteiger partial charge on any atom is -0.305 e. The van der Waals surface area contributed by atoms with E-state index in [0.29, 0.717) is 0 Å². The van der Waals surface area contributed by atoms with Crippen LogP contribution in [0.15, 0.2) is 128 Å². The van der Waals surface area contributed by atoms with Crippen molar-refractivity contribution in [2.45, 2.75) is 23.7 Å². The summed E-state index contributed by atoms with van der Waals surface area (Å²) in [4.78, 5) is 10.7. The van der Waals surface area contributed by atoms with E-state index < -0.39 is 0 Å². The number of benzene rings is 5. The predicted octanol–water partition coefficient (Wildman–Crippen LogP) is 9.60. The SMILES string of the molecule is c1ccc2c(c1)C1c3ccccc3C2c2c1ncc1c2c2cccc3c4c5c(ncc4n1c23)C1c2ccccc2C5c2ccccc21. The van der Waals surface area contributed by atoms with Crippen LogP contribution in [0.25, 0.3) is 38.1 Å². The van der Waals surface area contributed by atoms with E-state index in [-0.39, 0.29) is 23.7 Å². The molecule has 0 amide bonds. The Morgan fingerprint density at radius 2 is 0.723 bits per heavy atom. The lowest BCUT2D eigenvalue weighted by Gasteiger charge is -2.41. The van der Waals surface area contributed by atoms with Gasteiger partial charge in [-0.05, 0) is 55.6 Å². The first-order valence-corrected chi connectivity index (χ1v) is 16.7. The van der Waals surface area contributed by atoms with Gasteiger partial charge in [0.2, 0.25) is 0 Å². The Morgan fingerprint density at radius 1 is 0.383 bits per heavy atom. The number of hydrogen-bond acceptors (Lipinski definition) is 2. The van der Waals surface area contributed by atoms with Crippen molar-refractivity contribution in [3.63, 3.8) is 0 Å². The van der Waals surface area contributed by atoms with Crippen LogP contribution in [0.5, 0.6) is 0 Å². The molecule has 0 aliphatic heterocycles. The van der Waals surface area contributed by atoms with Crippen LogP contribution in [0.2, 0.25) is 0 Å². The molecular weight excluding hydrogens is 571 g/mol. The van der Waals surface area contributed by atoms with Gasteiger partial charge in [-0.25, -0.2) is 0 Å². The van der Waals surface area contributed by atoms with Gasteiger partial charge in [-0.15, -0.1) is 0 Å². The van der Waals surface area contributed by atoms with Gasteiger partial charge in [0, 0.05) is 33.4 Å². The maximum atomic E-state index is 5.37. The molecule has 6 aliphatic rings. The number of pyridine rings is 2. The van der Waals surface area contributed by atoms with E-state index in [4.69, 9.17) is 9.97 Å². The number of fused-ring (bicyclic) bond motifs is 6. The fourth-order valence-corrected chi connectivity index (χ4v) is 10.6. The summed E-state index contributed by atoms with van der Waals surface area (Å²) in [6.45, 7) is 0. The fourth-order valence-electron chi connectivity index (χ4n) is 10.6. The molecule has 9 aromatic rings. The van der Waals surface area contributed by atoms with Crippen molar-refractivity contribution in [2.75, 3.05) is 0 Å². The summed E-state index contributed by atoms with van der Waals surface area (Å²) < 4.78 is 2.50. The minimum atomic E-state index is 0.160. The van der Waals surface area contributed by atoms with Gasteiger partial charge in [0.25, 0.3) is 0 Å². The van der Waals surface area contributed by atoms with E-state index in [1.54, 1.807) is 0 Å². The van der Waals surface area contributed by atoms with Crippen molar-refractivity contribution in [1.82, 2.24) is 14.4 Å². The highest BCUT2D eigenvalue weighted by Gasteiger charge is 2.46. The lowest BCUT2D eigenvalue weighted by molar-refractivity contribution is 0.734. The predicted molar refractivity (Wildman–Crippen MR) is 186 cm³/mol. The topological polar surface area (TPSA) is 30.2 Å². The average molecular weight is 596 g/mol. The zero-order chi connectivity index (χ0) is 30.1. The van der Waals surface area contributed by atoms with E-state index in [2.05, 4.69) is 132 Å². The van der Waals surface area contributed by atoms with Gasteiger partial charge in [-0.1, -0.05) is 115 Å². The van der Waals surface area contributed by atoms with Gasteiger partial charge in [0.1, 0.15) is 0 Å². The molecule has 4 aromatic heterocycles. The van der Waals surface area contributed by atoms with Gasteiger partial charge >= 0.3 is 0 Å². The third-order valence-electron chi connectivity index (χ3n) is 12.1. The van der Waals surface area contributed by atoms with Crippen molar-refractivity contribution < 1.29 is 0 Å². The highest BCUT2D eigenvalue weighted by molar-refractivity contribution is 6.25. The molecule has 0 unspecified atom stereocenters. The second-order valence-electron chi connectivity index (χ2n) is 13.9. The Bertz CT molecular complexity index is 2610. The summed E-state index contributed by atoms with van der Waals surface area (Å²) in [5.41, 5.74) is 20.2. The molecular formula is C44H25N3. The standard InChI is InChI=1S/C44H25N3/c1-5-14-26-22(10-1)34-23-11-2-6-15-27(23)36(26)42-40(34)38-30-18-9-19-31-39-33(47(44(30)31)32(38)20-45-42)21-46-43-37-28-16-7-3-12-24(28)35(41(39)43)25-13-4-8-17-29(25)37/h1-21,34-37H. The second kappa shape index (κ2) is 7.76. The Balaban J connectivity index is 1.17. The second-order valence-corrected chi connectivity index (χ2v) is 13.9. The van der Waals surface area contributed by atoms with Crippen molar-refractivity contribution in [3.8, 4) is 0 Å². The maximum absolute atomic E-state index is 5.37. The summed E-state index contributed by atoms with van der Waals surface area (Å²) in [5.74, 6) is 0.664. The lowest BCUT2D eigenvalue weighted by atomic mass is 9.62. The molecule has 3 nitrogen and oxygen atoms in total. The monoisotopic (exact) mass is 595 g/mol. The zero-order valence-electron chi connectivity index (χ0n) is 25.3. The Kier molecular flexibility index (Phi) is 3.89. The minimum absolute atomic E-state index is 0.160. The van der Waals surface area contributed by atoms with Crippen LogP contribution in [0.4, 0.5) is 0 Å². The summed E-state index contributed by atoms with van der Waals surface area (Å²) >= 11 is 0. The molecule has 0 spiro atoms. The number of aromatic nitrogens is 3. The Morgan fingerprint density at radius 3 is 1.09 bits per heavy atom. The summed E-state index contributed by atoms with van der Waals surface area (Å²) in [6, 6.07) is 43.2. The largest absolute Gasteiger partial charge is 0.305 e. The van der Waals surface area contributed by atoms with Crippen molar-refractivity contribution in [2.24, 2.45) is 0 Å². The smallest absolute Gasteiger partial charge is 0.0728 e. The van der Waals surface area contributed by atoms with Crippen molar-refractivity contribution in [1.29, 1.82) is 0 Å². The number of nitrogens with zero attached hydrogens (tertiary/aromatic N) is 3. The molecule has 0 atom stereocenters. The van der Waals surface area contributed by atoms with Gasteiger partial charge in [0.05, 0.1) is 52.2 Å². The van der Waals surface area contributed by atoms with Crippen LogP contribution in [0.3, 0.4) is 0 Å². The molecule has 0 saturated heterocycles.